The Morgan fingerprint density at radius 2 is 1.95 bits per heavy atom. The van der Waals surface area contributed by atoms with E-state index >= 15 is 0 Å². The summed E-state index contributed by atoms with van der Waals surface area (Å²) in [5.41, 5.74) is 2.72. The van der Waals surface area contributed by atoms with Crippen LogP contribution < -0.4 is 14.8 Å². The lowest BCUT2D eigenvalue weighted by molar-refractivity contribution is -0.139. The second-order valence-corrected chi connectivity index (χ2v) is 10.6. The minimum absolute atomic E-state index is 0.0651. The fourth-order valence-corrected chi connectivity index (χ4v) is 5.23. The molecule has 210 valence electrons. The number of rotatable bonds is 12. The number of halogens is 1. The zero-order chi connectivity index (χ0) is 28.5. The minimum atomic E-state index is -1.17. The second kappa shape index (κ2) is 14.4. The molecule has 3 rings (SSSR count). The lowest BCUT2D eigenvalue weighted by Crippen LogP contribution is -2.54. The number of aliphatic hydroxyl groups excluding tert-OH is 2. The molecule has 9 nitrogen and oxygen atoms in total. The molecular formula is C29H35IN2O7. The van der Waals surface area contributed by atoms with Gasteiger partial charge in [0.25, 0.3) is 0 Å². The number of amides is 2. The van der Waals surface area contributed by atoms with Crippen molar-refractivity contribution in [2.75, 3.05) is 20.3 Å². The first-order valence-corrected chi connectivity index (χ1v) is 13.9. The molecule has 2 aromatic rings. The van der Waals surface area contributed by atoms with Crippen molar-refractivity contribution >= 4 is 40.7 Å². The van der Waals surface area contributed by atoms with Crippen LogP contribution in [0.4, 0.5) is 0 Å². The maximum atomic E-state index is 13.4. The van der Waals surface area contributed by atoms with Gasteiger partial charge in [-0.25, -0.2) is 0 Å². The third-order valence-electron chi connectivity index (χ3n) is 6.51. The number of hydrogen-bond donors (Lipinski definition) is 3. The zero-order valence-corrected chi connectivity index (χ0v) is 24.5. The first-order chi connectivity index (χ1) is 18.7. The van der Waals surface area contributed by atoms with Crippen molar-refractivity contribution in [3.63, 3.8) is 0 Å². The van der Waals surface area contributed by atoms with Crippen LogP contribution in [-0.4, -0.2) is 71.7 Å². The summed E-state index contributed by atoms with van der Waals surface area (Å²) in [6.07, 6.45) is 1.10. The van der Waals surface area contributed by atoms with Crippen LogP contribution in [0.25, 0.3) is 0 Å². The fraction of sp³-hybridized carbons (Fsp3) is 0.414. The van der Waals surface area contributed by atoms with E-state index in [-0.39, 0.29) is 38.4 Å². The largest absolute Gasteiger partial charge is 0.493 e. The molecule has 0 heterocycles. The van der Waals surface area contributed by atoms with E-state index < -0.39 is 24.2 Å². The molecule has 3 atom stereocenters. The Hall–Kier alpha value is -2.96. The molecule has 10 heteroatoms. The lowest BCUT2D eigenvalue weighted by atomic mass is 9.87. The van der Waals surface area contributed by atoms with E-state index in [0.717, 1.165) is 11.1 Å². The van der Waals surface area contributed by atoms with Crippen molar-refractivity contribution in [1.29, 1.82) is 0 Å². The van der Waals surface area contributed by atoms with Crippen molar-refractivity contribution < 1.29 is 34.1 Å². The SMILES string of the molecule is CCCC(=O)N(Cc1ccc(C)cc1)C1CC(C(=O)NCCO)=CC(Oc2c(I)cc(C=O)cc2OC)C1O. The summed E-state index contributed by atoms with van der Waals surface area (Å²) in [6.45, 7) is 3.99. The molecule has 2 amide bonds. The summed E-state index contributed by atoms with van der Waals surface area (Å²) in [5, 5.41) is 23.5. The second-order valence-electron chi connectivity index (χ2n) is 9.43. The Bertz CT molecular complexity index is 1200. The first kappa shape index (κ1) is 30.6. The van der Waals surface area contributed by atoms with Crippen LogP contribution in [0.1, 0.15) is 47.7 Å². The molecule has 3 unspecified atom stereocenters. The van der Waals surface area contributed by atoms with Gasteiger partial charge >= 0.3 is 0 Å². The average molecular weight is 651 g/mol. The van der Waals surface area contributed by atoms with Gasteiger partial charge in [-0.2, -0.15) is 0 Å². The summed E-state index contributed by atoms with van der Waals surface area (Å²) in [7, 11) is 1.45. The maximum absolute atomic E-state index is 13.4. The average Bonchev–Trinajstić information content (AvgIpc) is 2.93. The summed E-state index contributed by atoms with van der Waals surface area (Å²) >= 11 is 2.02. The van der Waals surface area contributed by atoms with E-state index in [9.17, 15) is 24.6 Å². The van der Waals surface area contributed by atoms with Crippen LogP contribution in [0.2, 0.25) is 0 Å². The van der Waals surface area contributed by atoms with Gasteiger partial charge < -0.3 is 29.9 Å². The molecule has 2 aromatic carbocycles. The van der Waals surface area contributed by atoms with Crippen molar-refractivity contribution in [1.82, 2.24) is 10.2 Å². The number of aliphatic hydroxyl groups is 2. The van der Waals surface area contributed by atoms with Crippen molar-refractivity contribution in [2.45, 2.75) is 57.9 Å². The predicted octanol–water partition coefficient (Wildman–Crippen LogP) is 3.17. The van der Waals surface area contributed by atoms with E-state index in [1.54, 1.807) is 17.0 Å². The van der Waals surface area contributed by atoms with Crippen LogP contribution in [0.15, 0.2) is 48.0 Å². The molecule has 0 saturated carbocycles. The number of carbonyl (C=O) groups excluding carboxylic acids is 3. The Kier molecular flexibility index (Phi) is 11.3. The van der Waals surface area contributed by atoms with E-state index in [2.05, 4.69) is 5.32 Å². The van der Waals surface area contributed by atoms with Crippen LogP contribution >= 0.6 is 22.6 Å². The number of aldehydes is 1. The highest BCUT2D eigenvalue weighted by molar-refractivity contribution is 14.1. The highest BCUT2D eigenvalue weighted by Gasteiger charge is 2.40. The predicted molar refractivity (Wildman–Crippen MR) is 155 cm³/mol. The molecule has 0 aliphatic heterocycles. The molecule has 1 aliphatic rings. The monoisotopic (exact) mass is 650 g/mol. The van der Waals surface area contributed by atoms with Gasteiger partial charge in [0.1, 0.15) is 18.5 Å². The summed E-state index contributed by atoms with van der Waals surface area (Å²) < 4.78 is 12.3. The highest BCUT2D eigenvalue weighted by Crippen LogP contribution is 2.37. The van der Waals surface area contributed by atoms with E-state index in [0.29, 0.717) is 38.9 Å². The van der Waals surface area contributed by atoms with E-state index in [4.69, 9.17) is 9.47 Å². The van der Waals surface area contributed by atoms with Gasteiger partial charge in [0.2, 0.25) is 11.8 Å². The third kappa shape index (κ3) is 7.80. The quantitative estimate of drug-likeness (QED) is 0.238. The van der Waals surface area contributed by atoms with Gasteiger partial charge in [-0.05, 0) is 59.7 Å². The molecule has 0 fully saturated rings. The Morgan fingerprint density at radius 3 is 2.56 bits per heavy atom. The van der Waals surface area contributed by atoms with Crippen LogP contribution in [0.5, 0.6) is 11.5 Å². The molecule has 3 N–H and O–H groups in total. The van der Waals surface area contributed by atoms with Crippen molar-refractivity contribution in [2.24, 2.45) is 0 Å². The van der Waals surface area contributed by atoms with Gasteiger partial charge in [-0.1, -0.05) is 36.8 Å². The number of hydrogen-bond acceptors (Lipinski definition) is 7. The standard InChI is InChI=1S/C29H35IN2O7/c1-4-5-26(35)32(16-19-8-6-18(2)7-9-19)23-14-21(29(37)31-10-11-33)15-24(27(23)36)39-28-22(30)12-20(17-34)13-25(28)38-3/h6-9,12-13,15,17,23-24,27,33,36H,4-5,10-11,14,16H2,1-3H3,(H,31,37). The number of nitrogens with one attached hydrogen (secondary N) is 1. The van der Waals surface area contributed by atoms with Gasteiger partial charge in [0, 0.05) is 37.1 Å². The number of carbonyl (C=O) groups is 3. The number of methoxy groups -OCH3 is 1. The smallest absolute Gasteiger partial charge is 0.247 e. The molecule has 0 aromatic heterocycles. The van der Waals surface area contributed by atoms with Crippen molar-refractivity contribution in [3.8, 4) is 11.5 Å². The van der Waals surface area contributed by atoms with E-state index in [1.165, 1.54) is 13.2 Å². The molecule has 39 heavy (non-hydrogen) atoms. The summed E-state index contributed by atoms with van der Waals surface area (Å²) in [4.78, 5) is 39.3. The Balaban J connectivity index is 2.03. The van der Waals surface area contributed by atoms with Crippen LogP contribution in [-0.2, 0) is 16.1 Å². The molecule has 0 saturated heterocycles. The van der Waals surface area contributed by atoms with Gasteiger partial charge in [0.15, 0.2) is 11.5 Å². The summed E-state index contributed by atoms with van der Waals surface area (Å²) in [5.74, 6) is 0.0624. The van der Waals surface area contributed by atoms with Crippen molar-refractivity contribution in [3.05, 3.63) is 68.3 Å². The molecule has 0 radical (unpaired) electrons. The van der Waals surface area contributed by atoms with Crippen LogP contribution in [0, 0.1) is 10.5 Å². The van der Waals surface area contributed by atoms with Crippen LogP contribution in [0.3, 0.4) is 0 Å². The number of benzene rings is 2. The first-order valence-electron chi connectivity index (χ1n) is 12.8. The summed E-state index contributed by atoms with van der Waals surface area (Å²) in [6, 6.07) is 10.2. The zero-order valence-electron chi connectivity index (χ0n) is 22.4. The third-order valence-corrected chi connectivity index (χ3v) is 7.32. The number of aryl methyl sites for hydroxylation is 1. The Labute approximate surface area is 242 Å². The van der Waals surface area contributed by atoms with Gasteiger partial charge in [-0.3, -0.25) is 14.4 Å². The van der Waals surface area contributed by atoms with Gasteiger partial charge in [0.05, 0.1) is 23.3 Å². The van der Waals surface area contributed by atoms with E-state index in [1.807, 2.05) is 60.7 Å². The maximum Gasteiger partial charge on any atom is 0.247 e. The topological polar surface area (TPSA) is 125 Å². The minimum Gasteiger partial charge on any atom is -0.493 e. The number of nitrogens with zero attached hydrogens (tertiary/aromatic N) is 1. The molecular weight excluding hydrogens is 615 g/mol. The Morgan fingerprint density at radius 1 is 1.23 bits per heavy atom. The molecule has 0 spiro atoms. The number of ether oxygens (including phenoxy) is 2. The fourth-order valence-electron chi connectivity index (χ4n) is 4.48. The normalized spacial score (nSPS) is 18.6. The highest BCUT2D eigenvalue weighted by atomic mass is 127. The molecule has 0 bridgehead atoms. The lowest BCUT2D eigenvalue weighted by Gasteiger charge is -2.40. The molecule has 1 aliphatic carbocycles. The van der Waals surface area contributed by atoms with Gasteiger partial charge in [-0.15, -0.1) is 0 Å².